The van der Waals surface area contributed by atoms with Crippen molar-refractivity contribution >= 4 is 17.6 Å². The predicted octanol–water partition coefficient (Wildman–Crippen LogP) is 3.61. The molecular weight excluding hydrogens is 441 g/mol. The largest absolute Gasteiger partial charge is 0.496 e. The van der Waals surface area contributed by atoms with Gasteiger partial charge in [0.05, 0.1) is 25.5 Å². The normalized spacial score (nSPS) is 22.7. The van der Waals surface area contributed by atoms with E-state index in [9.17, 15) is 14.3 Å². The first-order valence-corrected chi connectivity index (χ1v) is 11.6. The monoisotopic (exact) mass is 469 g/mol. The molecule has 3 heterocycles. The van der Waals surface area contributed by atoms with Crippen molar-refractivity contribution in [2.24, 2.45) is 0 Å². The number of carbonyl (C=O) groups excluding carboxylic acids is 1. The van der Waals surface area contributed by atoms with E-state index < -0.39 is 6.09 Å². The van der Waals surface area contributed by atoms with Crippen molar-refractivity contribution in [2.75, 3.05) is 18.6 Å². The summed E-state index contributed by atoms with van der Waals surface area (Å²) < 4.78 is 26.6. The molecule has 2 aromatic heterocycles. The van der Waals surface area contributed by atoms with Crippen molar-refractivity contribution in [3.05, 3.63) is 48.0 Å². The molecule has 9 nitrogen and oxygen atoms in total. The molecule has 5 rings (SSSR count). The minimum Gasteiger partial charge on any atom is -0.496 e. The fraction of sp³-hybridized carbons (Fsp3) is 0.458. The highest BCUT2D eigenvalue weighted by Gasteiger charge is 2.30. The lowest BCUT2D eigenvalue weighted by Crippen LogP contribution is -2.40. The van der Waals surface area contributed by atoms with Crippen molar-refractivity contribution in [1.29, 1.82) is 0 Å². The number of ether oxygens (including phenoxy) is 2. The maximum atomic E-state index is 14.0. The third-order valence-electron chi connectivity index (χ3n) is 6.64. The van der Waals surface area contributed by atoms with Crippen LogP contribution in [-0.4, -0.2) is 51.6 Å². The van der Waals surface area contributed by atoms with E-state index in [4.69, 9.17) is 14.5 Å². The molecule has 1 atom stereocenters. The average Bonchev–Trinajstić information content (AvgIpc) is 3.48. The van der Waals surface area contributed by atoms with Crippen molar-refractivity contribution in [3.8, 4) is 11.5 Å². The van der Waals surface area contributed by atoms with Crippen LogP contribution in [0.1, 0.15) is 50.1 Å². The van der Waals surface area contributed by atoms with Crippen LogP contribution in [0.5, 0.6) is 11.5 Å². The summed E-state index contributed by atoms with van der Waals surface area (Å²) in [6, 6.07) is 6.30. The van der Waals surface area contributed by atoms with Gasteiger partial charge in [0.15, 0.2) is 5.75 Å². The summed E-state index contributed by atoms with van der Waals surface area (Å²) in [6.45, 7) is 0.756. The maximum Gasteiger partial charge on any atom is 0.413 e. The molecule has 0 radical (unpaired) electrons. The highest BCUT2D eigenvalue weighted by molar-refractivity contribution is 5.73. The van der Waals surface area contributed by atoms with Gasteiger partial charge in [-0.15, -0.1) is 0 Å². The number of fused-ring (bicyclic) bond motifs is 1. The van der Waals surface area contributed by atoms with E-state index in [0.717, 1.165) is 24.9 Å². The fourth-order valence-corrected chi connectivity index (χ4v) is 4.92. The summed E-state index contributed by atoms with van der Waals surface area (Å²) in [5, 5.41) is 16.7. The van der Waals surface area contributed by atoms with E-state index in [0.29, 0.717) is 42.9 Å². The fourth-order valence-electron chi connectivity index (χ4n) is 4.92. The minimum atomic E-state index is -0.563. The van der Waals surface area contributed by atoms with Gasteiger partial charge < -0.3 is 24.8 Å². The number of benzene rings is 1. The number of rotatable bonds is 5. The second kappa shape index (κ2) is 9.46. The quantitative estimate of drug-likeness (QED) is 0.589. The van der Waals surface area contributed by atoms with Gasteiger partial charge in [0.1, 0.15) is 17.4 Å². The summed E-state index contributed by atoms with van der Waals surface area (Å²) in [7, 11) is 1.58. The first-order chi connectivity index (χ1) is 16.5. The zero-order chi connectivity index (χ0) is 23.7. The Morgan fingerprint density at radius 2 is 2.00 bits per heavy atom. The van der Waals surface area contributed by atoms with Crippen molar-refractivity contribution in [1.82, 2.24) is 19.9 Å². The van der Waals surface area contributed by atoms with Gasteiger partial charge in [0.2, 0.25) is 5.65 Å². The van der Waals surface area contributed by atoms with Crippen LogP contribution in [0.4, 0.5) is 15.0 Å². The highest BCUT2D eigenvalue weighted by Crippen LogP contribution is 2.40. The van der Waals surface area contributed by atoms with Crippen LogP contribution in [0.2, 0.25) is 0 Å². The van der Waals surface area contributed by atoms with Crippen molar-refractivity contribution in [3.63, 3.8) is 0 Å². The van der Waals surface area contributed by atoms with Crippen molar-refractivity contribution in [2.45, 2.75) is 56.7 Å². The molecule has 2 N–H and O–H groups in total. The van der Waals surface area contributed by atoms with Gasteiger partial charge in [-0.3, -0.25) is 0 Å². The number of hydrogen-bond acceptors (Lipinski definition) is 7. The second-order valence-electron chi connectivity index (χ2n) is 8.84. The molecule has 0 unspecified atom stereocenters. The molecule has 1 saturated heterocycles. The number of nitrogens with one attached hydrogen (secondary N) is 1. The van der Waals surface area contributed by atoms with E-state index in [1.54, 1.807) is 23.9 Å². The van der Waals surface area contributed by atoms with E-state index in [2.05, 4.69) is 15.3 Å². The lowest BCUT2D eigenvalue weighted by atomic mass is 9.93. The molecule has 180 valence electrons. The molecule has 2 fully saturated rings. The Morgan fingerprint density at radius 1 is 1.18 bits per heavy atom. The first kappa shape index (κ1) is 22.4. The van der Waals surface area contributed by atoms with Crippen molar-refractivity contribution < 1.29 is 23.8 Å². The number of anilines is 1. The van der Waals surface area contributed by atoms with Crippen LogP contribution in [0.25, 0.3) is 5.65 Å². The Bertz CT molecular complexity index is 1180. The van der Waals surface area contributed by atoms with Gasteiger partial charge in [-0.25, -0.2) is 18.7 Å². The molecule has 1 aliphatic carbocycles. The lowest BCUT2D eigenvalue weighted by molar-refractivity contribution is 0.115. The third-order valence-corrected chi connectivity index (χ3v) is 6.64. The van der Waals surface area contributed by atoms with Gasteiger partial charge >= 0.3 is 6.09 Å². The Balaban J connectivity index is 1.36. The van der Waals surface area contributed by atoms with Crippen LogP contribution in [0.15, 0.2) is 36.7 Å². The molecule has 3 aromatic rings. The average molecular weight is 470 g/mol. The van der Waals surface area contributed by atoms with Crippen LogP contribution in [0, 0.1) is 5.82 Å². The molecule has 1 saturated carbocycles. The minimum absolute atomic E-state index is 0.0205. The molecule has 34 heavy (non-hydrogen) atoms. The van der Waals surface area contributed by atoms with Gasteiger partial charge in [0.25, 0.3) is 0 Å². The molecule has 1 amide bonds. The Kier molecular flexibility index (Phi) is 6.23. The summed E-state index contributed by atoms with van der Waals surface area (Å²) in [5.74, 6) is 1.28. The number of methoxy groups -OCH3 is 1. The van der Waals surface area contributed by atoms with Crippen LogP contribution < -0.4 is 19.7 Å². The maximum absolute atomic E-state index is 14.0. The number of amides is 1. The summed E-state index contributed by atoms with van der Waals surface area (Å²) in [5.41, 5.74) is 1.20. The van der Waals surface area contributed by atoms with Crippen LogP contribution >= 0.6 is 0 Å². The predicted molar refractivity (Wildman–Crippen MR) is 123 cm³/mol. The number of halogens is 1. The molecule has 0 bridgehead atoms. The Labute approximate surface area is 196 Å². The molecule has 1 aliphatic heterocycles. The number of hydrogen-bond donors (Lipinski definition) is 2. The Hall–Kier alpha value is -3.40. The second-order valence-corrected chi connectivity index (χ2v) is 8.84. The standard InChI is InChI=1S/C24H28FN5O4/c1-33-20-9-4-15(25)13-18(20)19-3-2-11-29(19)22-10-12-30-23(28-22)21(14-26-30)34-24(32)27-16-5-7-17(31)8-6-16/h4,9-10,12-14,16-17,19,31H,2-3,5-8,11H2,1H3,(H,27,32)/t16?,17?,19-/m1/s1. The Morgan fingerprint density at radius 3 is 2.79 bits per heavy atom. The van der Waals surface area contributed by atoms with Crippen LogP contribution in [0.3, 0.4) is 0 Å². The van der Waals surface area contributed by atoms with Gasteiger partial charge in [0, 0.05) is 24.3 Å². The highest BCUT2D eigenvalue weighted by atomic mass is 19.1. The number of aromatic nitrogens is 3. The zero-order valence-electron chi connectivity index (χ0n) is 19.0. The molecule has 0 spiro atoms. The first-order valence-electron chi connectivity index (χ1n) is 11.6. The number of aliphatic hydroxyl groups excluding tert-OH is 1. The van der Waals surface area contributed by atoms with E-state index in [1.165, 1.54) is 18.3 Å². The number of aliphatic hydroxyl groups is 1. The lowest BCUT2D eigenvalue weighted by Gasteiger charge is -2.27. The summed E-state index contributed by atoms with van der Waals surface area (Å²) >= 11 is 0. The third kappa shape index (κ3) is 4.50. The molecular formula is C24H28FN5O4. The summed E-state index contributed by atoms with van der Waals surface area (Å²) in [4.78, 5) is 19.3. The molecule has 1 aromatic carbocycles. The SMILES string of the molecule is COc1ccc(F)cc1[C@H]1CCCN1c1ccn2ncc(OC(=O)NC3CCC(O)CC3)c2n1. The zero-order valence-corrected chi connectivity index (χ0v) is 19.0. The van der Waals surface area contributed by atoms with E-state index in [-0.39, 0.29) is 29.8 Å². The van der Waals surface area contributed by atoms with Gasteiger partial charge in [-0.2, -0.15) is 5.10 Å². The molecule has 2 aliphatic rings. The van der Waals surface area contributed by atoms with Gasteiger partial charge in [-0.1, -0.05) is 0 Å². The number of nitrogens with zero attached hydrogens (tertiary/aromatic N) is 4. The molecule has 10 heteroatoms. The van der Waals surface area contributed by atoms with Crippen LogP contribution in [-0.2, 0) is 0 Å². The number of carbonyl (C=O) groups is 1. The summed E-state index contributed by atoms with van der Waals surface area (Å²) in [6.07, 6.45) is 6.91. The topological polar surface area (TPSA) is 101 Å². The van der Waals surface area contributed by atoms with E-state index in [1.807, 2.05) is 6.07 Å². The van der Waals surface area contributed by atoms with Gasteiger partial charge in [-0.05, 0) is 62.8 Å². The van der Waals surface area contributed by atoms with E-state index >= 15 is 0 Å². The smallest absolute Gasteiger partial charge is 0.413 e.